The zero-order chi connectivity index (χ0) is 13.9. The van der Waals surface area contributed by atoms with Gasteiger partial charge in [0.25, 0.3) is 0 Å². The average molecular weight is 398 g/mol. The highest BCUT2D eigenvalue weighted by Gasteiger charge is 2.14. The van der Waals surface area contributed by atoms with E-state index in [9.17, 15) is 0 Å². The number of H-pyrrole nitrogens is 1. The highest BCUT2D eigenvalue weighted by Crippen LogP contribution is 2.18. The Hall–Kier alpha value is -1.24. The first-order valence-electron chi connectivity index (χ1n) is 7.35. The third-order valence-corrected chi connectivity index (χ3v) is 3.96. The number of aromatic amines is 1. The van der Waals surface area contributed by atoms with Crippen molar-refractivity contribution in [1.82, 2.24) is 10.3 Å². The molecule has 21 heavy (non-hydrogen) atoms. The van der Waals surface area contributed by atoms with Crippen LogP contribution in [-0.2, 0) is 6.54 Å². The van der Waals surface area contributed by atoms with Gasteiger partial charge in [-0.1, -0.05) is 18.9 Å². The molecule has 114 valence electrons. The topological polar surface area (TPSA) is 66.2 Å². The molecule has 4 nitrogen and oxygen atoms in total. The molecular formula is C16H23IN4. The van der Waals surface area contributed by atoms with Gasteiger partial charge >= 0.3 is 0 Å². The van der Waals surface area contributed by atoms with E-state index in [1.54, 1.807) is 0 Å². The number of rotatable bonds is 3. The van der Waals surface area contributed by atoms with E-state index >= 15 is 0 Å². The Balaban J connectivity index is 0.00000161. The Kier molecular flexibility index (Phi) is 5.50. The van der Waals surface area contributed by atoms with Crippen LogP contribution < -0.4 is 11.1 Å². The van der Waals surface area contributed by atoms with Gasteiger partial charge in [-0.2, -0.15) is 0 Å². The molecule has 5 heteroatoms. The molecule has 1 aromatic heterocycles. The monoisotopic (exact) mass is 398 g/mol. The van der Waals surface area contributed by atoms with Gasteiger partial charge in [0.1, 0.15) is 0 Å². The molecule has 0 atom stereocenters. The van der Waals surface area contributed by atoms with Gasteiger partial charge in [0.2, 0.25) is 0 Å². The number of nitrogens with zero attached hydrogens (tertiary/aromatic N) is 1. The summed E-state index contributed by atoms with van der Waals surface area (Å²) in [6, 6.07) is 9.06. The highest BCUT2D eigenvalue weighted by atomic mass is 127. The maximum absolute atomic E-state index is 5.95. The van der Waals surface area contributed by atoms with Crippen molar-refractivity contribution >= 4 is 40.8 Å². The SMILES string of the molecule is Cc1cc2cc(CN=C(N)NC3CCCC3)ccc2[nH]1.I. The molecule has 0 unspecified atom stereocenters. The Labute approximate surface area is 142 Å². The molecular weight excluding hydrogens is 375 g/mol. The number of guanidine groups is 1. The Morgan fingerprint density at radius 2 is 2.10 bits per heavy atom. The van der Waals surface area contributed by atoms with Crippen molar-refractivity contribution in [3.8, 4) is 0 Å². The lowest BCUT2D eigenvalue weighted by Crippen LogP contribution is -2.38. The maximum Gasteiger partial charge on any atom is 0.189 e. The van der Waals surface area contributed by atoms with Crippen LogP contribution >= 0.6 is 24.0 Å². The van der Waals surface area contributed by atoms with Crippen molar-refractivity contribution < 1.29 is 0 Å². The lowest BCUT2D eigenvalue weighted by molar-refractivity contribution is 0.625. The Bertz CT molecular complexity index is 626. The van der Waals surface area contributed by atoms with Gasteiger partial charge in [-0.25, -0.2) is 4.99 Å². The number of halogens is 1. The fraction of sp³-hybridized carbons (Fsp3) is 0.438. The fourth-order valence-electron chi connectivity index (χ4n) is 2.93. The number of hydrogen-bond acceptors (Lipinski definition) is 1. The molecule has 1 saturated carbocycles. The third-order valence-electron chi connectivity index (χ3n) is 3.96. The van der Waals surface area contributed by atoms with Gasteiger partial charge in [0.15, 0.2) is 5.96 Å². The minimum absolute atomic E-state index is 0. The molecule has 4 N–H and O–H groups in total. The molecule has 3 rings (SSSR count). The molecule has 0 saturated heterocycles. The minimum Gasteiger partial charge on any atom is -0.370 e. The predicted octanol–water partition coefficient (Wildman–Crippen LogP) is 3.44. The van der Waals surface area contributed by atoms with Gasteiger partial charge < -0.3 is 16.0 Å². The van der Waals surface area contributed by atoms with E-state index in [0.29, 0.717) is 18.5 Å². The molecule has 0 radical (unpaired) electrons. The van der Waals surface area contributed by atoms with Crippen molar-refractivity contribution in [1.29, 1.82) is 0 Å². The molecule has 0 amide bonds. The smallest absolute Gasteiger partial charge is 0.189 e. The summed E-state index contributed by atoms with van der Waals surface area (Å²) in [7, 11) is 0. The number of hydrogen-bond donors (Lipinski definition) is 3. The van der Waals surface area contributed by atoms with Crippen LogP contribution in [0.1, 0.15) is 36.9 Å². The molecule has 1 aliphatic carbocycles. The van der Waals surface area contributed by atoms with Crippen LogP contribution in [0.5, 0.6) is 0 Å². The van der Waals surface area contributed by atoms with Crippen LogP contribution in [0.15, 0.2) is 29.3 Å². The summed E-state index contributed by atoms with van der Waals surface area (Å²) in [5.74, 6) is 0.572. The Morgan fingerprint density at radius 3 is 2.86 bits per heavy atom. The van der Waals surface area contributed by atoms with Crippen molar-refractivity contribution in [2.45, 2.75) is 45.2 Å². The van der Waals surface area contributed by atoms with E-state index in [-0.39, 0.29) is 24.0 Å². The number of nitrogens with one attached hydrogen (secondary N) is 2. The number of aliphatic imine (C=N–C) groups is 1. The van der Waals surface area contributed by atoms with E-state index in [2.05, 4.69) is 46.5 Å². The maximum atomic E-state index is 5.95. The summed E-state index contributed by atoms with van der Waals surface area (Å²) in [6.45, 7) is 2.70. The number of aromatic nitrogens is 1. The van der Waals surface area contributed by atoms with Crippen molar-refractivity contribution in [2.75, 3.05) is 0 Å². The van der Waals surface area contributed by atoms with Crippen LogP contribution in [0.2, 0.25) is 0 Å². The summed E-state index contributed by atoms with van der Waals surface area (Å²) in [4.78, 5) is 7.77. The lowest BCUT2D eigenvalue weighted by Gasteiger charge is -2.12. The quantitative estimate of drug-likeness (QED) is 0.421. The summed E-state index contributed by atoms with van der Waals surface area (Å²) >= 11 is 0. The molecule has 2 aromatic rings. The zero-order valence-electron chi connectivity index (χ0n) is 12.4. The summed E-state index contributed by atoms with van der Waals surface area (Å²) in [5.41, 5.74) is 9.50. The molecule has 1 fully saturated rings. The van der Waals surface area contributed by atoms with E-state index in [0.717, 1.165) is 0 Å². The first kappa shape index (κ1) is 16.1. The van der Waals surface area contributed by atoms with Crippen LogP contribution in [0.25, 0.3) is 10.9 Å². The van der Waals surface area contributed by atoms with Gasteiger partial charge in [-0.05, 0) is 48.9 Å². The van der Waals surface area contributed by atoms with Gasteiger partial charge in [0.05, 0.1) is 6.54 Å². The molecule has 0 bridgehead atoms. The highest BCUT2D eigenvalue weighted by molar-refractivity contribution is 14.0. The first-order valence-corrected chi connectivity index (χ1v) is 7.35. The number of fused-ring (bicyclic) bond motifs is 1. The van der Waals surface area contributed by atoms with Crippen molar-refractivity contribution in [3.63, 3.8) is 0 Å². The third kappa shape index (κ3) is 4.12. The second kappa shape index (κ2) is 7.15. The van der Waals surface area contributed by atoms with Crippen molar-refractivity contribution in [2.24, 2.45) is 10.7 Å². The standard InChI is InChI=1S/C16H22N4.HI/c1-11-8-13-9-12(6-7-15(13)19-11)10-18-16(17)20-14-4-2-3-5-14;/h6-9,14,19H,2-5,10H2,1H3,(H3,17,18,20);1H. The summed E-state index contributed by atoms with van der Waals surface area (Å²) < 4.78 is 0. The summed E-state index contributed by atoms with van der Waals surface area (Å²) in [6.07, 6.45) is 5.03. The molecule has 1 aromatic carbocycles. The van der Waals surface area contributed by atoms with E-state index in [4.69, 9.17) is 5.73 Å². The second-order valence-electron chi connectivity index (χ2n) is 5.70. The van der Waals surface area contributed by atoms with Crippen LogP contribution in [0.4, 0.5) is 0 Å². The molecule has 1 aliphatic rings. The largest absolute Gasteiger partial charge is 0.370 e. The average Bonchev–Trinajstić information content (AvgIpc) is 3.04. The van der Waals surface area contributed by atoms with Crippen LogP contribution in [0, 0.1) is 6.92 Å². The van der Waals surface area contributed by atoms with Gasteiger partial charge in [-0.3, -0.25) is 0 Å². The normalized spacial score (nSPS) is 16.1. The number of nitrogens with two attached hydrogens (primary N) is 1. The van der Waals surface area contributed by atoms with Crippen molar-refractivity contribution in [3.05, 3.63) is 35.5 Å². The predicted molar refractivity (Wildman–Crippen MR) is 99.2 cm³/mol. The molecule has 0 spiro atoms. The van der Waals surface area contributed by atoms with Crippen LogP contribution in [0.3, 0.4) is 0 Å². The lowest BCUT2D eigenvalue weighted by atomic mass is 10.1. The first-order chi connectivity index (χ1) is 9.70. The van der Waals surface area contributed by atoms with E-state index < -0.39 is 0 Å². The fourth-order valence-corrected chi connectivity index (χ4v) is 2.93. The minimum atomic E-state index is 0. The van der Waals surface area contributed by atoms with Gasteiger partial charge in [-0.15, -0.1) is 24.0 Å². The second-order valence-corrected chi connectivity index (χ2v) is 5.70. The molecule has 1 heterocycles. The zero-order valence-corrected chi connectivity index (χ0v) is 14.7. The number of benzene rings is 1. The molecule has 0 aliphatic heterocycles. The van der Waals surface area contributed by atoms with Crippen LogP contribution in [-0.4, -0.2) is 17.0 Å². The van der Waals surface area contributed by atoms with E-state index in [1.807, 2.05) is 0 Å². The van der Waals surface area contributed by atoms with Gasteiger partial charge in [0, 0.05) is 17.3 Å². The number of aryl methyl sites for hydroxylation is 1. The Morgan fingerprint density at radius 1 is 1.33 bits per heavy atom. The van der Waals surface area contributed by atoms with E-state index in [1.165, 1.54) is 47.8 Å². The summed E-state index contributed by atoms with van der Waals surface area (Å²) in [5, 5.41) is 4.55.